The number of pyridine rings is 1. The predicted octanol–water partition coefficient (Wildman–Crippen LogP) is 4.87. The molecule has 1 atom stereocenters. The molecule has 0 aliphatic heterocycles. The standard InChI is InChI=1S/C14H10Cl2N2S/c15-10-5-9(7-17-8-10)6-11(16)14-18-12-3-1-2-4-13(12)19-14/h1-5,7-8,11H,6H2. The second kappa shape index (κ2) is 5.45. The van der Waals surface area contributed by atoms with Gasteiger partial charge in [0.2, 0.25) is 0 Å². The number of nitrogens with zero attached hydrogens (tertiary/aromatic N) is 2. The van der Waals surface area contributed by atoms with Crippen LogP contribution in [0.2, 0.25) is 5.02 Å². The largest absolute Gasteiger partial charge is 0.263 e. The number of fused-ring (bicyclic) bond motifs is 1. The zero-order valence-electron chi connectivity index (χ0n) is 9.88. The molecule has 3 rings (SSSR count). The number of hydrogen-bond acceptors (Lipinski definition) is 3. The van der Waals surface area contributed by atoms with Crippen molar-refractivity contribution in [3.8, 4) is 0 Å². The highest BCUT2D eigenvalue weighted by molar-refractivity contribution is 7.18. The van der Waals surface area contributed by atoms with E-state index in [9.17, 15) is 0 Å². The Morgan fingerprint density at radius 2 is 2.05 bits per heavy atom. The van der Waals surface area contributed by atoms with Crippen molar-refractivity contribution in [1.29, 1.82) is 0 Å². The lowest BCUT2D eigenvalue weighted by Gasteiger charge is -2.05. The highest BCUT2D eigenvalue weighted by Gasteiger charge is 2.14. The lowest BCUT2D eigenvalue weighted by atomic mass is 10.1. The summed E-state index contributed by atoms with van der Waals surface area (Å²) in [6.45, 7) is 0. The Labute approximate surface area is 125 Å². The van der Waals surface area contributed by atoms with Crippen molar-refractivity contribution in [2.45, 2.75) is 11.8 Å². The second-order valence-corrected chi connectivity index (χ2v) is 6.23. The summed E-state index contributed by atoms with van der Waals surface area (Å²) in [5.41, 5.74) is 2.02. The van der Waals surface area contributed by atoms with Crippen LogP contribution in [0.15, 0.2) is 42.7 Å². The van der Waals surface area contributed by atoms with Gasteiger partial charge in [-0.05, 0) is 30.2 Å². The minimum Gasteiger partial charge on any atom is -0.263 e. The van der Waals surface area contributed by atoms with E-state index >= 15 is 0 Å². The number of benzene rings is 1. The van der Waals surface area contributed by atoms with Crippen LogP contribution < -0.4 is 0 Å². The van der Waals surface area contributed by atoms with Gasteiger partial charge in [-0.3, -0.25) is 4.98 Å². The number of thiazole rings is 1. The maximum Gasteiger partial charge on any atom is 0.112 e. The minimum absolute atomic E-state index is 0.155. The first kappa shape index (κ1) is 12.9. The molecule has 0 fully saturated rings. The molecule has 96 valence electrons. The van der Waals surface area contributed by atoms with Gasteiger partial charge in [0.25, 0.3) is 0 Å². The summed E-state index contributed by atoms with van der Waals surface area (Å²) in [6, 6.07) is 9.93. The van der Waals surface area contributed by atoms with E-state index in [2.05, 4.69) is 16.0 Å². The Balaban J connectivity index is 1.85. The van der Waals surface area contributed by atoms with Crippen molar-refractivity contribution in [3.05, 3.63) is 58.3 Å². The first-order chi connectivity index (χ1) is 9.22. The SMILES string of the molecule is Clc1cncc(CC(Cl)c2nc3ccccc3s2)c1. The van der Waals surface area contributed by atoms with Gasteiger partial charge in [-0.15, -0.1) is 22.9 Å². The second-order valence-electron chi connectivity index (χ2n) is 4.20. The van der Waals surface area contributed by atoms with Gasteiger partial charge in [0.1, 0.15) is 5.01 Å². The summed E-state index contributed by atoms with van der Waals surface area (Å²) in [7, 11) is 0. The Kier molecular flexibility index (Phi) is 3.69. The predicted molar refractivity (Wildman–Crippen MR) is 81.2 cm³/mol. The maximum atomic E-state index is 6.44. The lowest BCUT2D eigenvalue weighted by Crippen LogP contribution is -1.95. The number of para-hydroxylation sites is 1. The van der Waals surface area contributed by atoms with Gasteiger partial charge in [0, 0.05) is 12.4 Å². The highest BCUT2D eigenvalue weighted by Crippen LogP contribution is 2.32. The quantitative estimate of drug-likeness (QED) is 0.645. The average molecular weight is 309 g/mol. The minimum atomic E-state index is -0.155. The molecule has 0 saturated heterocycles. The van der Waals surface area contributed by atoms with Gasteiger partial charge in [0.05, 0.1) is 20.6 Å². The number of halogens is 2. The fourth-order valence-electron chi connectivity index (χ4n) is 1.89. The zero-order chi connectivity index (χ0) is 13.2. The topological polar surface area (TPSA) is 25.8 Å². The summed E-state index contributed by atoms with van der Waals surface area (Å²) in [5, 5.41) is 1.41. The van der Waals surface area contributed by atoms with Crippen molar-refractivity contribution in [2.75, 3.05) is 0 Å². The number of rotatable bonds is 3. The van der Waals surface area contributed by atoms with E-state index in [1.165, 1.54) is 0 Å². The van der Waals surface area contributed by atoms with Crippen LogP contribution >= 0.6 is 34.5 Å². The van der Waals surface area contributed by atoms with Crippen molar-refractivity contribution in [3.63, 3.8) is 0 Å². The molecule has 0 amide bonds. The van der Waals surface area contributed by atoms with E-state index in [0.29, 0.717) is 11.4 Å². The van der Waals surface area contributed by atoms with E-state index in [4.69, 9.17) is 23.2 Å². The summed E-state index contributed by atoms with van der Waals surface area (Å²) in [5.74, 6) is 0. The first-order valence-corrected chi connectivity index (χ1v) is 7.44. The highest BCUT2D eigenvalue weighted by atomic mass is 35.5. The van der Waals surface area contributed by atoms with Gasteiger partial charge in [0.15, 0.2) is 0 Å². The summed E-state index contributed by atoms with van der Waals surface area (Å²) in [4.78, 5) is 8.63. The smallest absolute Gasteiger partial charge is 0.112 e. The van der Waals surface area contributed by atoms with Gasteiger partial charge < -0.3 is 0 Å². The van der Waals surface area contributed by atoms with Crippen molar-refractivity contribution < 1.29 is 0 Å². The van der Waals surface area contributed by atoms with Crippen LogP contribution in [0.1, 0.15) is 15.9 Å². The number of hydrogen-bond donors (Lipinski definition) is 0. The average Bonchev–Trinajstić information content (AvgIpc) is 2.82. The fraction of sp³-hybridized carbons (Fsp3) is 0.143. The molecule has 3 aromatic rings. The number of aromatic nitrogens is 2. The zero-order valence-corrected chi connectivity index (χ0v) is 12.2. The fourth-order valence-corrected chi connectivity index (χ4v) is 3.39. The van der Waals surface area contributed by atoms with Crippen molar-refractivity contribution >= 4 is 44.8 Å². The van der Waals surface area contributed by atoms with E-state index < -0.39 is 0 Å². The van der Waals surface area contributed by atoms with Crippen molar-refractivity contribution in [2.24, 2.45) is 0 Å². The van der Waals surface area contributed by atoms with Crippen LogP contribution in [-0.4, -0.2) is 9.97 Å². The molecule has 2 heterocycles. The molecule has 0 aliphatic carbocycles. The molecule has 1 aromatic carbocycles. The van der Waals surface area contributed by atoms with Gasteiger partial charge in [-0.1, -0.05) is 23.7 Å². The van der Waals surface area contributed by atoms with E-state index in [1.54, 1.807) is 23.7 Å². The molecule has 0 saturated carbocycles. The molecule has 19 heavy (non-hydrogen) atoms. The summed E-state index contributed by atoms with van der Waals surface area (Å²) < 4.78 is 1.16. The third-order valence-corrected chi connectivity index (χ3v) is 4.60. The lowest BCUT2D eigenvalue weighted by molar-refractivity contribution is 0.903. The molecule has 2 aromatic heterocycles. The molecule has 0 spiro atoms. The van der Waals surface area contributed by atoms with Crippen LogP contribution in [-0.2, 0) is 6.42 Å². The first-order valence-electron chi connectivity index (χ1n) is 5.81. The summed E-state index contributed by atoms with van der Waals surface area (Å²) >= 11 is 14.0. The Morgan fingerprint density at radius 1 is 1.21 bits per heavy atom. The van der Waals surface area contributed by atoms with Crippen LogP contribution in [0.25, 0.3) is 10.2 Å². The summed E-state index contributed by atoms with van der Waals surface area (Å²) in [6.07, 6.45) is 4.08. The van der Waals surface area contributed by atoms with E-state index in [0.717, 1.165) is 20.8 Å². The molecule has 0 radical (unpaired) electrons. The molecule has 2 nitrogen and oxygen atoms in total. The molecule has 5 heteroatoms. The molecule has 0 aliphatic rings. The maximum absolute atomic E-state index is 6.44. The molecular weight excluding hydrogens is 299 g/mol. The Bertz CT molecular complexity index is 678. The van der Waals surface area contributed by atoms with Crippen LogP contribution in [0.4, 0.5) is 0 Å². The molecular formula is C14H10Cl2N2S. The van der Waals surface area contributed by atoms with E-state index in [-0.39, 0.29) is 5.38 Å². The molecule has 0 bridgehead atoms. The Morgan fingerprint density at radius 3 is 2.84 bits per heavy atom. The van der Waals surface area contributed by atoms with Crippen LogP contribution in [0.3, 0.4) is 0 Å². The molecule has 0 N–H and O–H groups in total. The number of alkyl halides is 1. The van der Waals surface area contributed by atoms with Crippen LogP contribution in [0, 0.1) is 0 Å². The van der Waals surface area contributed by atoms with Gasteiger partial charge in [-0.2, -0.15) is 0 Å². The van der Waals surface area contributed by atoms with Crippen LogP contribution in [0.5, 0.6) is 0 Å². The monoisotopic (exact) mass is 308 g/mol. The Hall–Kier alpha value is -1.16. The third kappa shape index (κ3) is 2.89. The van der Waals surface area contributed by atoms with E-state index in [1.807, 2.05) is 24.3 Å². The van der Waals surface area contributed by atoms with Gasteiger partial charge in [-0.25, -0.2) is 4.98 Å². The van der Waals surface area contributed by atoms with Crippen molar-refractivity contribution in [1.82, 2.24) is 9.97 Å². The normalized spacial score (nSPS) is 12.7. The molecule has 1 unspecified atom stereocenters. The third-order valence-electron chi connectivity index (χ3n) is 2.75. The van der Waals surface area contributed by atoms with Gasteiger partial charge >= 0.3 is 0 Å².